The summed E-state index contributed by atoms with van der Waals surface area (Å²) in [6.07, 6.45) is 0. The molecule has 3 aromatic rings. The van der Waals surface area contributed by atoms with Crippen LogP contribution < -0.4 is 5.32 Å². The minimum absolute atomic E-state index is 0.107. The minimum Gasteiger partial charge on any atom is -0.465 e. The van der Waals surface area contributed by atoms with E-state index in [-0.39, 0.29) is 17.7 Å². The van der Waals surface area contributed by atoms with Crippen molar-refractivity contribution in [1.29, 1.82) is 0 Å². The highest BCUT2D eigenvalue weighted by Crippen LogP contribution is 2.11. The number of methoxy groups -OCH3 is 1. The summed E-state index contributed by atoms with van der Waals surface area (Å²) in [5.74, 6) is -0.515. The Morgan fingerprint density at radius 3 is 2.44 bits per heavy atom. The van der Waals surface area contributed by atoms with Gasteiger partial charge in [-0.1, -0.05) is 30.3 Å². The molecule has 0 saturated heterocycles. The molecule has 0 radical (unpaired) electrons. The van der Waals surface area contributed by atoms with Gasteiger partial charge >= 0.3 is 5.97 Å². The number of benzene rings is 2. The van der Waals surface area contributed by atoms with Gasteiger partial charge in [-0.3, -0.25) is 4.79 Å². The van der Waals surface area contributed by atoms with E-state index < -0.39 is 11.9 Å². The Bertz CT molecular complexity index is 892. The molecule has 0 unspecified atom stereocenters. The lowest BCUT2D eigenvalue weighted by atomic mass is 10.1. The Labute approximate surface area is 143 Å². The van der Waals surface area contributed by atoms with E-state index in [0.717, 1.165) is 5.69 Å². The average Bonchev–Trinajstić information content (AvgIpc) is 3.14. The van der Waals surface area contributed by atoms with Gasteiger partial charge in [-0.2, -0.15) is 4.68 Å². The van der Waals surface area contributed by atoms with Gasteiger partial charge in [0, 0.05) is 0 Å². The predicted octanol–water partition coefficient (Wildman–Crippen LogP) is 1.38. The van der Waals surface area contributed by atoms with Gasteiger partial charge in [-0.25, -0.2) is 4.79 Å². The number of ether oxygens (including phenoxy) is 1. The summed E-state index contributed by atoms with van der Waals surface area (Å²) in [6, 6.07) is 15.8. The fourth-order valence-electron chi connectivity index (χ4n) is 2.31. The van der Waals surface area contributed by atoms with Gasteiger partial charge in [-0.15, -0.1) is 5.10 Å². The van der Waals surface area contributed by atoms with Crippen molar-refractivity contribution < 1.29 is 14.3 Å². The molecule has 0 aliphatic rings. The van der Waals surface area contributed by atoms with Crippen LogP contribution in [-0.2, 0) is 11.3 Å². The summed E-state index contributed by atoms with van der Waals surface area (Å²) in [4.78, 5) is 24.2. The van der Waals surface area contributed by atoms with E-state index in [1.54, 1.807) is 18.2 Å². The molecule has 0 aliphatic heterocycles. The van der Waals surface area contributed by atoms with Gasteiger partial charge in [0.25, 0.3) is 5.91 Å². The standard InChI is InChI=1S/C17H15N5O3/c1-25-17(24)14-10-6-5-9-13(14)16(23)18-11-15-19-20-21-22(15)12-7-3-2-4-8-12/h2-10H,11H2,1H3,(H,18,23). The molecule has 126 valence electrons. The van der Waals surface area contributed by atoms with E-state index in [4.69, 9.17) is 4.74 Å². The van der Waals surface area contributed by atoms with Crippen LogP contribution in [0.15, 0.2) is 54.6 Å². The molecule has 0 fully saturated rings. The van der Waals surface area contributed by atoms with Crippen LogP contribution in [0.25, 0.3) is 5.69 Å². The summed E-state index contributed by atoms with van der Waals surface area (Å²) in [6.45, 7) is 0.107. The number of hydrogen-bond donors (Lipinski definition) is 1. The Kier molecular flexibility index (Phi) is 4.79. The smallest absolute Gasteiger partial charge is 0.338 e. The maximum Gasteiger partial charge on any atom is 0.338 e. The Morgan fingerprint density at radius 2 is 1.72 bits per heavy atom. The quantitative estimate of drug-likeness (QED) is 0.706. The number of aromatic nitrogens is 4. The maximum atomic E-state index is 12.4. The van der Waals surface area contributed by atoms with Crippen molar-refractivity contribution in [3.05, 3.63) is 71.5 Å². The molecule has 1 amide bonds. The average molecular weight is 337 g/mol. The first-order chi connectivity index (χ1) is 12.2. The van der Waals surface area contributed by atoms with E-state index in [0.29, 0.717) is 5.82 Å². The van der Waals surface area contributed by atoms with E-state index in [9.17, 15) is 9.59 Å². The van der Waals surface area contributed by atoms with Gasteiger partial charge in [0.15, 0.2) is 5.82 Å². The molecule has 0 aliphatic carbocycles. The molecular weight excluding hydrogens is 322 g/mol. The normalized spacial score (nSPS) is 10.3. The highest BCUT2D eigenvalue weighted by atomic mass is 16.5. The molecule has 0 spiro atoms. The molecule has 3 rings (SSSR count). The Balaban J connectivity index is 1.77. The molecule has 2 aromatic carbocycles. The molecule has 8 nitrogen and oxygen atoms in total. The van der Waals surface area contributed by atoms with Crippen molar-refractivity contribution in [2.24, 2.45) is 0 Å². The van der Waals surface area contributed by atoms with Gasteiger partial charge < -0.3 is 10.1 Å². The van der Waals surface area contributed by atoms with Gasteiger partial charge in [0.05, 0.1) is 30.5 Å². The zero-order chi connectivity index (χ0) is 17.6. The zero-order valence-electron chi connectivity index (χ0n) is 13.4. The summed E-state index contributed by atoms with van der Waals surface area (Å²) in [7, 11) is 1.27. The monoisotopic (exact) mass is 337 g/mol. The number of tetrazole rings is 1. The second kappa shape index (κ2) is 7.35. The molecule has 0 saturated carbocycles. The summed E-state index contributed by atoms with van der Waals surface area (Å²) in [5.41, 5.74) is 1.21. The number of carbonyl (C=O) groups excluding carboxylic acids is 2. The van der Waals surface area contributed by atoms with Crippen molar-refractivity contribution in [2.75, 3.05) is 7.11 Å². The second-order valence-electron chi connectivity index (χ2n) is 5.06. The number of para-hydroxylation sites is 1. The molecule has 8 heteroatoms. The summed E-state index contributed by atoms with van der Waals surface area (Å²) in [5, 5.41) is 14.2. The van der Waals surface area contributed by atoms with Crippen molar-refractivity contribution in [1.82, 2.24) is 25.5 Å². The van der Waals surface area contributed by atoms with Crippen molar-refractivity contribution in [3.8, 4) is 5.69 Å². The van der Waals surface area contributed by atoms with Crippen molar-refractivity contribution in [3.63, 3.8) is 0 Å². The first-order valence-electron chi connectivity index (χ1n) is 7.49. The molecule has 1 aromatic heterocycles. The number of amides is 1. The van der Waals surface area contributed by atoms with Crippen LogP contribution in [0, 0.1) is 0 Å². The summed E-state index contributed by atoms with van der Waals surface area (Å²) >= 11 is 0. The van der Waals surface area contributed by atoms with Crippen LogP contribution in [0.4, 0.5) is 0 Å². The molecule has 0 atom stereocenters. The number of esters is 1. The first-order valence-corrected chi connectivity index (χ1v) is 7.49. The predicted molar refractivity (Wildman–Crippen MR) is 88.1 cm³/mol. The number of rotatable bonds is 5. The Morgan fingerprint density at radius 1 is 1.04 bits per heavy atom. The largest absolute Gasteiger partial charge is 0.465 e. The lowest BCUT2D eigenvalue weighted by molar-refractivity contribution is 0.0596. The fraction of sp³-hybridized carbons (Fsp3) is 0.118. The number of nitrogens with zero attached hydrogens (tertiary/aromatic N) is 4. The summed E-state index contributed by atoms with van der Waals surface area (Å²) < 4.78 is 6.23. The zero-order valence-corrected chi connectivity index (χ0v) is 13.4. The van der Waals surface area contributed by atoms with Crippen LogP contribution in [-0.4, -0.2) is 39.2 Å². The lowest BCUT2D eigenvalue weighted by Gasteiger charge is -2.09. The van der Waals surface area contributed by atoms with Gasteiger partial charge in [0.1, 0.15) is 0 Å². The number of hydrogen-bond acceptors (Lipinski definition) is 6. The second-order valence-corrected chi connectivity index (χ2v) is 5.06. The van der Waals surface area contributed by atoms with E-state index >= 15 is 0 Å². The lowest BCUT2D eigenvalue weighted by Crippen LogP contribution is -2.26. The van der Waals surface area contributed by atoms with Crippen LogP contribution in [0.2, 0.25) is 0 Å². The highest BCUT2D eigenvalue weighted by molar-refractivity contribution is 6.05. The van der Waals surface area contributed by atoms with Crippen LogP contribution >= 0.6 is 0 Å². The van der Waals surface area contributed by atoms with Crippen LogP contribution in [0.1, 0.15) is 26.5 Å². The van der Waals surface area contributed by atoms with Crippen LogP contribution in [0.3, 0.4) is 0 Å². The molecule has 1 N–H and O–H groups in total. The maximum absolute atomic E-state index is 12.4. The third-order valence-corrected chi connectivity index (χ3v) is 3.52. The van der Waals surface area contributed by atoms with Crippen molar-refractivity contribution >= 4 is 11.9 Å². The van der Waals surface area contributed by atoms with Gasteiger partial charge in [-0.05, 0) is 34.7 Å². The van der Waals surface area contributed by atoms with Crippen molar-refractivity contribution in [2.45, 2.75) is 6.54 Å². The molecule has 0 bridgehead atoms. The minimum atomic E-state index is -0.570. The highest BCUT2D eigenvalue weighted by Gasteiger charge is 2.17. The fourth-order valence-corrected chi connectivity index (χ4v) is 2.31. The SMILES string of the molecule is COC(=O)c1ccccc1C(=O)NCc1nnnn1-c1ccccc1. The molecular formula is C17H15N5O3. The van der Waals surface area contributed by atoms with Crippen LogP contribution in [0.5, 0.6) is 0 Å². The van der Waals surface area contributed by atoms with E-state index in [2.05, 4.69) is 20.8 Å². The topological polar surface area (TPSA) is 99.0 Å². The third kappa shape index (κ3) is 3.52. The van der Waals surface area contributed by atoms with E-state index in [1.807, 2.05) is 30.3 Å². The number of carbonyl (C=O) groups is 2. The Hall–Kier alpha value is -3.55. The third-order valence-electron chi connectivity index (χ3n) is 3.52. The number of nitrogens with one attached hydrogen (secondary N) is 1. The van der Waals surface area contributed by atoms with E-state index in [1.165, 1.54) is 17.9 Å². The molecule has 25 heavy (non-hydrogen) atoms. The first kappa shape index (κ1) is 16.3. The molecule has 1 heterocycles. The van der Waals surface area contributed by atoms with Gasteiger partial charge in [0.2, 0.25) is 0 Å².